The van der Waals surface area contributed by atoms with Gasteiger partial charge in [0.1, 0.15) is 5.75 Å². The summed E-state index contributed by atoms with van der Waals surface area (Å²) < 4.78 is 10.3. The number of halogens is 1. The third kappa shape index (κ3) is 6.18. The highest BCUT2D eigenvalue weighted by Gasteiger charge is 2.15. The highest BCUT2D eigenvalue weighted by Crippen LogP contribution is 2.22. The molecule has 0 N–H and O–H groups in total. The van der Waals surface area contributed by atoms with Crippen LogP contribution in [0.1, 0.15) is 13.3 Å². The summed E-state index contributed by atoms with van der Waals surface area (Å²) in [5.41, 5.74) is 0. The second-order valence-corrected chi connectivity index (χ2v) is 4.81. The molecule has 22 heavy (non-hydrogen) atoms. The summed E-state index contributed by atoms with van der Waals surface area (Å²) in [4.78, 5) is 25.0. The van der Waals surface area contributed by atoms with Gasteiger partial charge in [0.2, 0.25) is 0 Å². The van der Waals surface area contributed by atoms with Gasteiger partial charge in [0.25, 0.3) is 5.91 Å². The minimum Gasteiger partial charge on any atom is -0.482 e. The fourth-order valence-electron chi connectivity index (χ4n) is 1.73. The van der Waals surface area contributed by atoms with Gasteiger partial charge in [-0.25, -0.2) is 0 Å². The van der Waals surface area contributed by atoms with E-state index in [1.807, 2.05) is 0 Å². The molecule has 1 aromatic carbocycles. The maximum absolute atomic E-state index is 12.1. The highest BCUT2D eigenvalue weighted by atomic mass is 35.5. The molecule has 6 heteroatoms. The molecule has 120 valence electrons. The Labute approximate surface area is 135 Å². The standard InChI is InChI=1S/C16H20ClNO4/c1-3-10-18(11-9-16(20)21-4-2)15(19)12-22-14-8-6-5-7-13(14)17/h3,5-8H,1,4,9-12H2,2H3. The summed E-state index contributed by atoms with van der Waals surface area (Å²) in [5, 5.41) is 0.442. The Morgan fingerprint density at radius 2 is 2.09 bits per heavy atom. The van der Waals surface area contributed by atoms with Gasteiger partial charge in [-0.2, -0.15) is 0 Å². The van der Waals surface area contributed by atoms with Crippen molar-refractivity contribution < 1.29 is 19.1 Å². The molecule has 0 saturated carbocycles. The minimum atomic E-state index is -0.337. The van der Waals surface area contributed by atoms with E-state index in [-0.39, 0.29) is 31.4 Å². The molecule has 0 fully saturated rings. The highest BCUT2D eigenvalue weighted by molar-refractivity contribution is 6.32. The molecule has 0 radical (unpaired) electrons. The SMILES string of the molecule is C=CCN(CCC(=O)OCC)C(=O)COc1ccccc1Cl. The van der Waals surface area contributed by atoms with Crippen LogP contribution in [-0.4, -0.2) is 43.1 Å². The van der Waals surface area contributed by atoms with Gasteiger partial charge in [0.15, 0.2) is 6.61 Å². The average Bonchev–Trinajstić information content (AvgIpc) is 2.50. The summed E-state index contributed by atoms with van der Waals surface area (Å²) in [7, 11) is 0. The van der Waals surface area contributed by atoms with Crippen molar-refractivity contribution in [1.29, 1.82) is 0 Å². The first kappa shape index (κ1) is 18.0. The van der Waals surface area contributed by atoms with Crippen molar-refractivity contribution in [3.8, 4) is 5.75 Å². The number of carbonyl (C=O) groups excluding carboxylic acids is 2. The summed E-state index contributed by atoms with van der Waals surface area (Å²) in [6.07, 6.45) is 1.73. The van der Waals surface area contributed by atoms with E-state index in [2.05, 4.69) is 6.58 Å². The Morgan fingerprint density at radius 3 is 2.73 bits per heavy atom. The molecule has 0 spiro atoms. The van der Waals surface area contributed by atoms with Crippen molar-refractivity contribution >= 4 is 23.5 Å². The van der Waals surface area contributed by atoms with Crippen molar-refractivity contribution in [3.05, 3.63) is 41.9 Å². The molecule has 1 aromatic rings. The number of rotatable bonds is 9. The van der Waals surface area contributed by atoms with E-state index in [0.717, 1.165) is 0 Å². The summed E-state index contributed by atoms with van der Waals surface area (Å²) in [6, 6.07) is 6.92. The van der Waals surface area contributed by atoms with E-state index in [0.29, 0.717) is 23.9 Å². The summed E-state index contributed by atoms with van der Waals surface area (Å²) >= 11 is 5.96. The van der Waals surface area contributed by atoms with Crippen LogP contribution in [-0.2, 0) is 14.3 Å². The third-order valence-electron chi connectivity index (χ3n) is 2.78. The number of hydrogen-bond donors (Lipinski definition) is 0. The zero-order valence-corrected chi connectivity index (χ0v) is 13.3. The van der Waals surface area contributed by atoms with Crippen LogP contribution in [0.25, 0.3) is 0 Å². The zero-order valence-electron chi connectivity index (χ0n) is 12.6. The predicted molar refractivity (Wildman–Crippen MR) is 85.0 cm³/mol. The van der Waals surface area contributed by atoms with E-state index in [1.54, 1.807) is 37.3 Å². The fraction of sp³-hybridized carbons (Fsp3) is 0.375. The largest absolute Gasteiger partial charge is 0.482 e. The first-order chi connectivity index (χ1) is 10.6. The molecule has 0 aromatic heterocycles. The Bertz CT molecular complexity index is 519. The normalized spacial score (nSPS) is 9.91. The van der Waals surface area contributed by atoms with Crippen molar-refractivity contribution in [2.24, 2.45) is 0 Å². The third-order valence-corrected chi connectivity index (χ3v) is 3.09. The zero-order chi connectivity index (χ0) is 16.4. The molecule has 5 nitrogen and oxygen atoms in total. The van der Waals surface area contributed by atoms with Crippen molar-refractivity contribution in [1.82, 2.24) is 4.90 Å². The van der Waals surface area contributed by atoms with E-state index in [9.17, 15) is 9.59 Å². The number of carbonyl (C=O) groups is 2. The van der Waals surface area contributed by atoms with Gasteiger partial charge in [-0.1, -0.05) is 29.8 Å². The molecule has 0 heterocycles. The lowest BCUT2D eigenvalue weighted by Crippen LogP contribution is -2.36. The van der Waals surface area contributed by atoms with E-state index in [4.69, 9.17) is 21.1 Å². The lowest BCUT2D eigenvalue weighted by atomic mass is 10.3. The molecule has 1 rings (SSSR count). The van der Waals surface area contributed by atoms with Gasteiger partial charge >= 0.3 is 5.97 Å². The lowest BCUT2D eigenvalue weighted by Gasteiger charge is -2.21. The predicted octanol–water partition coefficient (Wildman–Crippen LogP) is 2.69. The number of para-hydroxylation sites is 1. The monoisotopic (exact) mass is 325 g/mol. The molecule has 0 unspecified atom stereocenters. The average molecular weight is 326 g/mol. The number of ether oxygens (including phenoxy) is 2. The molecule has 0 aliphatic heterocycles. The smallest absolute Gasteiger partial charge is 0.307 e. The van der Waals surface area contributed by atoms with Crippen LogP contribution in [0.5, 0.6) is 5.75 Å². The molecule has 0 saturated heterocycles. The number of hydrogen-bond acceptors (Lipinski definition) is 4. The van der Waals surface area contributed by atoms with Crippen LogP contribution < -0.4 is 4.74 Å². The van der Waals surface area contributed by atoms with E-state index >= 15 is 0 Å². The van der Waals surface area contributed by atoms with Crippen LogP contribution in [0.4, 0.5) is 0 Å². The van der Waals surface area contributed by atoms with E-state index in [1.165, 1.54) is 4.90 Å². The number of nitrogens with zero attached hydrogens (tertiary/aromatic N) is 1. The number of esters is 1. The molecule has 0 bridgehead atoms. The van der Waals surface area contributed by atoms with Gasteiger partial charge in [0, 0.05) is 13.1 Å². The second kappa shape index (κ2) is 9.84. The van der Waals surface area contributed by atoms with Gasteiger partial charge in [-0.05, 0) is 19.1 Å². The van der Waals surface area contributed by atoms with Crippen LogP contribution in [0, 0.1) is 0 Å². The Kier molecular flexibility index (Phi) is 8.07. The van der Waals surface area contributed by atoms with Gasteiger partial charge in [0.05, 0.1) is 18.1 Å². The van der Waals surface area contributed by atoms with Crippen LogP contribution in [0.15, 0.2) is 36.9 Å². The minimum absolute atomic E-state index is 0.138. The van der Waals surface area contributed by atoms with Crippen molar-refractivity contribution in [3.63, 3.8) is 0 Å². The first-order valence-corrected chi connectivity index (χ1v) is 7.37. The van der Waals surface area contributed by atoms with Gasteiger partial charge < -0.3 is 14.4 Å². The van der Waals surface area contributed by atoms with Crippen LogP contribution >= 0.6 is 11.6 Å². The molecular weight excluding hydrogens is 306 g/mol. The van der Waals surface area contributed by atoms with Crippen LogP contribution in [0.2, 0.25) is 5.02 Å². The topological polar surface area (TPSA) is 55.8 Å². The Hall–Kier alpha value is -2.01. The fourth-order valence-corrected chi connectivity index (χ4v) is 1.92. The molecule has 1 amide bonds. The summed E-state index contributed by atoms with van der Waals surface area (Å²) in [6.45, 7) is 6.11. The van der Waals surface area contributed by atoms with E-state index < -0.39 is 0 Å². The number of benzene rings is 1. The molecule has 0 atom stereocenters. The van der Waals surface area contributed by atoms with Gasteiger partial charge in [-0.3, -0.25) is 9.59 Å². The molecular formula is C16H20ClNO4. The molecule has 0 aliphatic rings. The maximum Gasteiger partial charge on any atom is 0.307 e. The lowest BCUT2D eigenvalue weighted by molar-refractivity contribution is -0.144. The Morgan fingerprint density at radius 1 is 1.36 bits per heavy atom. The summed E-state index contributed by atoms with van der Waals surface area (Å²) in [5.74, 6) is -0.137. The molecule has 0 aliphatic carbocycles. The number of amides is 1. The Balaban J connectivity index is 2.52. The van der Waals surface area contributed by atoms with Crippen molar-refractivity contribution in [2.75, 3.05) is 26.3 Å². The van der Waals surface area contributed by atoms with Crippen LogP contribution in [0.3, 0.4) is 0 Å². The van der Waals surface area contributed by atoms with Gasteiger partial charge in [-0.15, -0.1) is 6.58 Å². The van der Waals surface area contributed by atoms with Crippen molar-refractivity contribution in [2.45, 2.75) is 13.3 Å². The second-order valence-electron chi connectivity index (χ2n) is 4.40. The quantitative estimate of drug-likeness (QED) is 0.517. The first-order valence-electron chi connectivity index (χ1n) is 7.00. The maximum atomic E-state index is 12.1.